The van der Waals surface area contributed by atoms with Crippen LogP contribution in [-0.4, -0.2) is 60.4 Å². The zero-order valence-electron chi connectivity index (χ0n) is 22.0. The fraction of sp³-hybridized carbons (Fsp3) is 0.321. The Morgan fingerprint density at radius 2 is 1.53 bits per heavy atom. The molecule has 10 heteroatoms. The molecule has 0 saturated heterocycles. The van der Waals surface area contributed by atoms with E-state index in [0.29, 0.717) is 28.0 Å². The third-order valence-corrected chi connectivity index (χ3v) is 5.46. The van der Waals surface area contributed by atoms with Crippen LogP contribution in [0.1, 0.15) is 55.6 Å². The summed E-state index contributed by atoms with van der Waals surface area (Å²) in [5, 5.41) is 7.41. The van der Waals surface area contributed by atoms with Crippen molar-refractivity contribution >= 4 is 35.7 Å². The van der Waals surface area contributed by atoms with E-state index in [9.17, 15) is 19.2 Å². The minimum atomic E-state index is -0.901. The van der Waals surface area contributed by atoms with Gasteiger partial charge in [0.1, 0.15) is 17.6 Å². The first-order valence-corrected chi connectivity index (χ1v) is 12.2. The molecule has 2 rings (SSSR count). The number of hydrogen-bond donors (Lipinski definition) is 2. The molecule has 3 N–H and O–H groups in total. The van der Waals surface area contributed by atoms with Crippen molar-refractivity contribution in [2.75, 3.05) is 19.8 Å². The lowest BCUT2D eigenvalue weighted by Crippen LogP contribution is -2.45. The van der Waals surface area contributed by atoms with Crippen LogP contribution < -0.4 is 10.5 Å². The topological polar surface area (TPSA) is 149 Å². The zero-order chi connectivity index (χ0) is 28.2. The Balaban J connectivity index is 2.14. The van der Waals surface area contributed by atoms with Gasteiger partial charge in [0.15, 0.2) is 0 Å². The summed E-state index contributed by atoms with van der Waals surface area (Å²) in [6.07, 6.45) is 1.55. The third kappa shape index (κ3) is 8.58. The summed E-state index contributed by atoms with van der Waals surface area (Å²) in [6.45, 7) is 6.87. The largest absolute Gasteiger partial charge is 0.466 e. The van der Waals surface area contributed by atoms with Crippen LogP contribution in [0.3, 0.4) is 0 Å². The Morgan fingerprint density at radius 1 is 0.947 bits per heavy atom. The van der Waals surface area contributed by atoms with E-state index in [-0.39, 0.29) is 32.0 Å². The molecule has 0 aliphatic carbocycles. The monoisotopic (exact) mass is 523 g/mol. The fourth-order valence-electron chi connectivity index (χ4n) is 3.43. The van der Waals surface area contributed by atoms with Crippen molar-refractivity contribution in [3.63, 3.8) is 0 Å². The lowest BCUT2D eigenvalue weighted by molar-refractivity contribution is -0.154. The standard InChI is InChI=1S/C28H33N3O7/c1-5-36-24(32)15-16-31(19(4)27(34)37-6-2)26(33)18(3)17-20-7-9-22(10-8-20)28(35)38-23-13-11-21(12-14-23)25(29)30/h7-14,17,19H,5-6,15-16H2,1-4H3,(H3,29,30)/t19-/m0/s1. The van der Waals surface area contributed by atoms with Crippen LogP contribution in [0, 0.1) is 5.41 Å². The quantitative estimate of drug-likeness (QED) is 0.141. The Bertz CT molecular complexity index is 1190. The third-order valence-electron chi connectivity index (χ3n) is 5.46. The second-order valence-corrected chi connectivity index (χ2v) is 8.26. The second-order valence-electron chi connectivity index (χ2n) is 8.26. The van der Waals surface area contributed by atoms with Crippen molar-refractivity contribution in [3.05, 3.63) is 70.8 Å². The molecule has 0 spiro atoms. The van der Waals surface area contributed by atoms with Gasteiger partial charge in [0.2, 0.25) is 5.91 Å². The van der Waals surface area contributed by atoms with E-state index in [1.165, 1.54) is 4.90 Å². The highest BCUT2D eigenvalue weighted by Crippen LogP contribution is 2.17. The van der Waals surface area contributed by atoms with Gasteiger partial charge in [-0.25, -0.2) is 9.59 Å². The van der Waals surface area contributed by atoms with Crippen molar-refractivity contribution in [1.29, 1.82) is 5.41 Å². The van der Waals surface area contributed by atoms with E-state index >= 15 is 0 Å². The first-order valence-electron chi connectivity index (χ1n) is 12.2. The number of nitrogens with zero attached hydrogens (tertiary/aromatic N) is 1. The lowest BCUT2D eigenvalue weighted by Gasteiger charge is -2.28. The minimum absolute atomic E-state index is 0.0129. The Morgan fingerprint density at radius 3 is 2.08 bits per heavy atom. The Hall–Kier alpha value is -4.47. The molecule has 0 aliphatic heterocycles. The maximum absolute atomic E-state index is 13.2. The number of benzene rings is 2. The van der Waals surface area contributed by atoms with Crippen LogP contribution in [-0.2, 0) is 23.9 Å². The highest BCUT2D eigenvalue weighted by molar-refractivity contribution is 5.99. The van der Waals surface area contributed by atoms with E-state index in [2.05, 4.69) is 0 Å². The molecule has 0 saturated carbocycles. The molecular formula is C28H33N3O7. The predicted octanol–water partition coefficient (Wildman–Crippen LogP) is 3.33. The van der Waals surface area contributed by atoms with Crippen molar-refractivity contribution in [2.24, 2.45) is 5.73 Å². The molecule has 0 aliphatic rings. The SMILES string of the molecule is CCOC(=O)CCN(C(=O)C(C)=Cc1ccc(C(=O)Oc2ccc(C(=N)N)cc2)cc1)[C@@H](C)C(=O)OCC. The van der Waals surface area contributed by atoms with E-state index < -0.39 is 29.9 Å². The van der Waals surface area contributed by atoms with Gasteiger partial charge in [0, 0.05) is 17.7 Å². The molecule has 2 aromatic rings. The number of rotatable bonds is 12. The van der Waals surface area contributed by atoms with Crippen LogP contribution in [0.2, 0.25) is 0 Å². The number of nitrogens with one attached hydrogen (secondary N) is 1. The molecule has 0 aromatic heterocycles. The molecule has 38 heavy (non-hydrogen) atoms. The first-order chi connectivity index (χ1) is 18.1. The molecule has 10 nitrogen and oxygen atoms in total. The van der Waals surface area contributed by atoms with Crippen LogP contribution in [0.5, 0.6) is 5.75 Å². The molecule has 0 bridgehead atoms. The first kappa shape index (κ1) is 29.8. The second kappa shape index (κ2) is 14.3. The van der Waals surface area contributed by atoms with Gasteiger partial charge in [0.05, 0.1) is 25.2 Å². The van der Waals surface area contributed by atoms with Crippen LogP contribution in [0.15, 0.2) is 54.1 Å². The van der Waals surface area contributed by atoms with E-state index in [0.717, 1.165) is 0 Å². The average Bonchev–Trinajstić information content (AvgIpc) is 2.89. The molecule has 2 aromatic carbocycles. The maximum Gasteiger partial charge on any atom is 0.343 e. The summed E-state index contributed by atoms with van der Waals surface area (Å²) in [7, 11) is 0. The number of amidine groups is 1. The van der Waals surface area contributed by atoms with Gasteiger partial charge in [-0.1, -0.05) is 12.1 Å². The van der Waals surface area contributed by atoms with Crippen molar-refractivity contribution < 1.29 is 33.4 Å². The Labute approximate surface area is 221 Å². The summed E-state index contributed by atoms with van der Waals surface area (Å²) in [5.41, 5.74) is 7.21. The molecule has 0 radical (unpaired) electrons. The zero-order valence-corrected chi connectivity index (χ0v) is 22.0. The van der Waals surface area contributed by atoms with Crippen molar-refractivity contribution in [2.45, 2.75) is 40.2 Å². The number of hydrogen-bond acceptors (Lipinski definition) is 8. The van der Waals surface area contributed by atoms with E-state index in [1.807, 2.05) is 0 Å². The molecule has 0 fully saturated rings. The summed E-state index contributed by atoms with van der Waals surface area (Å²) in [5.74, 6) is -1.83. The summed E-state index contributed by atoms with van der Waals surface area (Å²) in [4.78, 5) is 51.1. The van der Waals surface area contributed by atoms with Gasteiger partial charge < -0.3 is 24.8 Å². The number of amides is 1. The minimum Gasteiger partial charge on any atom is -0.466 e. The summed E-state index contributed by atoms with van der Waals surface area (Å²) < 4.78 is 15.3. The van der Waals surface area contributed by atoms with Gasteiger partial charge in [0.25, 0.3) is 0 Å². The number of esters is 3. The molecule has 0 heterocycles. The number of carbonyl (C=O) groups excluding carboxylic acids is 4. The van der Waals surface area contributed by atoms with Crippen LogP contribution >= 0.6 is 0 Å². The van der Waals surface area contributed by atoms with E-state index in [4.69, 9.17) is 25.4 Å². The van der Waals surface area contributed by atoms with Gasteiger partial charge in [-0.2, -0.15) is 0 Å². The average molecular weight is 524 g/mol. The molecular weight excluding hydrogens is 490 g/mol. The van der Waals surface area contributed by atoms with Gasteiger partial charge in [-0.3, -0.25) is 15.0 Å². The molecule has 1 atom stereocenters. The van der Waals surface area contributed by atoms with Crippen molar-refractivity contribution in [3.8, 4) is 5.75 Å². The van der Waals surface area contributed by atoms with Gasteiger partial charge >= 0.3 is 17.9 Å². The number of carbonyl (C=O) groups is 4. The lowest BCUT2D eigenvalue weighted by atomic mass is 10.1. The predicted molar refractivity (Wildman–Crippen MR) is 142 cm³/mol. The molecule has 1 amide bonds. The highest BCUT2D eigenvalue weighted by Gasteiger charge is 2.28. The fourth-order valence-corrected chi connectivity index (χ4v) is 3.43. The maximum atomic E-state index is 13.2. The van der Waals surface area contributed by atoms with Gasteiger partial charge in [-0.05, 0) is 75.7 Å². The number of nitrogens with two attached hydrogens (primary N) is 1. The molecule has 202 valence electrons. The Kier molecular flexibility index (Phi) is 11.2. The van der Waals surface area contributed by atoms with E-state index in [1.54, 1.807) is 82.3 Å². The number of nitrogen functional groups attached to an aromatic ring is 1. The van der Waals surface area contributed by atoms with Crippen LogP contribution in [0.4, 0.5) is 0 Å². The molecule has 0 unspecified atom stereocenters. The van der Waals surface area contributed by atoms with Crippen LogP contribution in [0.25, 0.3) is 6.08 Å². The normalized spacial score (nSPS) is 11.7. The van der Waals surface area contributed by atoms with Gasteiger partial charge in [-0.15, -0.1) is 0 Å². The summed E-state index contributed by atoms with van der Waals surface area (Å²) >= 11 is 0. The number of ether oxygens (including phenoxy) is 3. The van der Waals surface area contributed by atoms with Crippen molar-refractivity contribution in [1.82, 2.24) is 4.90 Å². The smallest absolute Gasteiger partial charge is 0.343 e. The summed E-state index contributed by atoms with van der Waals surface area (Å²) in [6, 6.07) is 11.8. The highest BCUT2D eigenvalue weighted by atomic mass is 16.5.